The summed E-state index contributed by atoms with van der Waals surface area (Å²) >= 11 is 6.02. The number of benzene rings is 1. The highest BCUT2D eigenvalue weighted by molar-refractivity contribution is 6.31. The molecule has 1 aromatic carbocycles. The van der Waals surface area contributed by atoms with Crippen LogP contribution in [0.1, 0.15) is 17.2 Å². The van der Waals surface area contributed by atoms with Crippen molar-refractivity contribution in [1.82, 2.24) is 15.2 Å². The van der Waals surface area contributed by atoms with Crippen LogP contribution in [0, 0.1) is 5.82 Å². The summed E-state index contributed by atoms with van der Waals surface area (Å²) in [5, 5.41) is 4.43. The molecule has 2 aromatic rings. The van der Waals surface area contributed by atoms with Crippen molar-refractivity contribution in [2.24, 2.45) is 12.9 Å². The van der Waals surface area contributed by atoms with Gasteiger partial charge in [0, 0.05) is 23.8 Å². The van der Waals surface area contributed by atoms with E-state index >= 15 is 0 Å². The lowest BCUT2D eigenvalue weighted by atomic mass is 10.0. The molecular weight excluding hydrogens is 255 g/mol. The summed E-state index contributed by atoms with van der Waals surface area (Å²) in [5.41, 5.74) is 3.93. The molecule has 0 aliphatic rings. The number of hydrogen-bond donors (Lipinski definition) is 2. The van der Waals surface area contributed by atoms with Crippen LogP contribution in [0.5, 0.6) is 0 Å². The summed E-state index contributed by atoms with van der Waals surface area (Å²) in [7, 11) is 1.82. The highest BCUT2D eigenvalue weighted by Crippen LogP contribution is 2.27. The van der Waals surface area contributed by atoms with Gasteiger partial charge in [0.05, 0.1) is 12.2 Å². The predicted molar refractivity (Wildman–Crippen MR) is 68.4 cm³/mol. The number of nitrogens with zero attached hydrogens (tertiary/aromatic N) is 2. The fraction of sp³-hybridized carbons (Fsp3) is 0.250. The van der Waals surface area contributed by atoms with Gasteiger partial charge in [0.15, 0.2) is 0 Å². The van der Waals surface area contributed by atoms with E-state index in [4.69, 9.17) is 17.4 Å². The van der Waals surface area contributed by atoms with Gasteiger partial charge in [-0.25, -0.2) is 4.39 Å². The van der Waals surface area contributed by atoms with Crippen LogP contribution in [0.2, 0.25) is 5.02 Å². The summed E-state index contributed by atoms with van der Waals surface area (Å²) in [4.78, 5) is 0. The van der Waals surface area contributed by atoms with Crippen molar-refractivity contribution in [3.63, 3.8) is 0 Å². The molecule has 0 saturated carbocycles. The van der Waals surface area contributed by atoms with Gasteiger partial charge in [-0.1, -0.05) is 17.7 Å². The van der Waals surface area contributed by atoms with Crippen LogP contribution in [-0.2, 0) is 13.5 Å². The molecule has 1 aromatic heterocycles. The fourth-order valence-electron chi connectivity index (χ4n) is 1.90. The van der Waals surface area contributed by atoms with Crippen LogP contribution in [0.25, 0.3) is 0 Å². The Morgan fingerprint density at radius 2 is 2.33 bits per heavy atom. The van der Waals surface area contributed by atoms with Gasteiger partial charge in [0.1, 0.15) is 5.82 Å². The summed E-state index contributed by atoms with van der Waals surface area (Å²) < 4.78 is 15.5. The van der Waals surface area contributed by atoms with E-state index in [0.717, 1.165) is 5.56 Å². The Hall–Kier alpha value is -1.43. The minimum Gasteiger partial charge on any atom is -0.276 e. The molecule has 4 nitrogen and oxygen atoms in total. The lowest BCUT2D eigenvalue weighted by molar-refractivity contribution is 0.510. The number of hydrazine groups is 1. The van der Waals surface area contributed by atoms with Gasteiger partial charge in [-0.3, -0.25) is 16.0 Å². The SMILES string of the molecule is Cn1cc(CC(NN)c2c(F)cccc2Cl)cn1. The summed E-state index contributed by atoms with van der Waals surface area (Å²) in [5.74, 6) is 5.13. The molecule has 0 saturated heterocycles. The minimum absolute atomic E-state index is 0.363. The molecule has 18 heavy (non-hydrogen) atoms. The molecule has 1 heterocycles. The zero-order chi connectivity index (χ0) is 13.1. The Kier molecular flexibility index (Phi) is 3.96. The van der Waals surface area contributed by atoms with Gasteiger partial charge in [-0.15, -0.1) is 0 Å². The quantitative estimate of drug-likeness (QED) is 0.658. The minimum atomic E-state index is -0.386. The summed E-state index contributed by atoms with van der Waals surface area (Å²) in [6.45, 7) is 0. The van der Waals surface area contributed by atoms with Crippen LogP contribution in [0.4, 0.5) is 4.39 Å². The van der Waals surface area contributed by atoms with Crippen molar-refractivity contribution in [3.8, 4) is 0 Å². The van der Waals surface area contributed by atoms with E-state index in [0.29, 0.717) is 17.0 Å². The smallest absolute Gasteiger partial charge is 0.129 e. The van der Waals surface area contributed by atoms with Crippen LogP contribution in [-0.4, -0.2) is 9.78 Å². The number of aromatic nitrogens is 2. The van der Waals surface area contributed by atoms with Crippen LogP contribution in [0.15, 0.2) is 30.6 Å². The first kappa shape index (κ1) is 13.0. The third-order valence-corrected chi connectivity index (χ3v) is 3.08. The molecular formula is C12H14ClFN4. The Labute approximate surface area is 110 Å². The van der Waals surface area contributed by atoms with Crippen LogP contribution < -0.4 is 11.3 Å². The van der Waals surface area contributed by atoms with E-state index in [2.05, 4.69) is 10.5 Å². The number of halogens is 2. The van der Waals surface area contributed by atoms with Gasteiger partial charge in [-0.05, 0) is 24.1 Å². The first-order valence-electron chi connectivity index (χ1n) is 5.49. The molecule has 0 bridgehead atoms. The molecule has 2 rings (SSSR count). The molecule has 6 heteroatoms. The second kappa shape index (κ2) is 5.48. The van der Waals surface area contributed by atoms with E-state index in [1.807, 2.05) is 13.2 Å². The first-order valence-corrected chi connectivity index (χ1v) is 5.87. The van der Waals surface area contributed by atoms with E-state index in [9.17, 15) is 4.39 Å². The van der Waals surface area contributed by atoms with E-state index in [1.165, 1.54) is 6.07 Å². The molecule has 1 atom stereocenters. The van der Waals surface area contributed by atoms with Crippen LogP contribution in [0.3, 0.4) is 0 Å². The molecule has 96 valence electrons. The Morgan fingerprint density at radius 3 is 2.89 bits per heavy atom. The number of rotatable bonds is 4. The van der Waals surface area contributed by atoms with Gasteiger partial charge >= 0.3 is 0 Å². The Bertz CT molecular complexity index is 520. The van der Waals surface area contributed by atoms with E-state index < -0.39 is 0 Å². The van der Waals surface area contributed by atoms with Crippen LogP contribution >= 0.6 is 11.6 Å². The maximum atomic E-state index is 13.8. The van der Waals surface area contributed by atoms with Crippen molar-refractivity contribution in [2.45, 2.75) is 12.5 Å². The molecule has 1 unspecified atom stereocenters. The lowest BCUT2D eigenvalue weighted by Crippen LogP contribution is -2.30. The topological polar surface area (TPSA) is 55.9 Å². The predicted octanol–water partition coefficient (Wildman–Crippen LogP) is 1.96. The number of aryl methyl sites for hydroxylation is 1. The van der Waals surface area contributed by atoms with Crippen molar-refractivity contribution in [1.29, 1.82) is 0 Å². The van der Waals surface area contributed by atoms with Gasteiger partial charge in [0.2, 0.25) is 0 Å². The standard InChI is InChI=1S/C12H14ClFN4/c1-18-7-8(6-16-18)5-11(17-15)12-9(13)3-2-4-10(12)14/h2-4,6-7,11,17H,5,15H2,1H3. The summed E-state index contributed by atoms with van der Waals surface area (Å²) in [6, 6.07) is 4.20. The van der Waals surface area contributed by atoms with E-state index in [1.54, 1.807) is 23.0 Å². The monoisotopic (exact) mass is 268 g/mol. The molecule has 0 amide bonds. The molecule has 0 aliphatic carbocycles. The first-order chi connectivity index (χ1) is 8.61. The highest BCUT2D eigenvalue weighted by atomic mass is 35.5. The van der Waals surface area contributed by atoms with Crippen molar-refractivity contribution >= 4 is 11.6 Å². The number of nitrogens with two attached hydrogens (primary N) is 1. The van der Waals surface area contributed by atoms with Crippen molar-refractivity contribution in [3.05, 3.63) is 52.6 Å². The van der Waals surface area contributed by atoms with E-state index in [-0.39, 0.29) is 11.9 Å². The molecule has 3 N–H and O–H groups in total. The average Bonchev–Trinajstić information content (AvgIpc) is 2.73. The Morgan fingerprint density at radius 1 is 1.56 bits per heavy atom. The van der Waals surface area contributed by atoms with Crippen molar-refractivity contribution in [2.75, 3.05) is 0 Å². The highest BCUT2D eigenvalue weighted by Gasteiger charge is 2.18. The molecule has 0 radical (unpaired) electrons. The zero-order valence-corrected chi connectivity index (χ0v) is 10.7. The number of hydrogen-bond acceptors (Lipinski definition) is 3. The third kappa shape index (κ3) is 2.69. The van der Waals surface area contributed by atoms with Gasteiger partial charge in [0.25, 0.3) is 0 Å². The molecule has 0 spiro atoms. The maximum Gasteiger partial charge on any atom is 0.129 e. The van der Waals surface area contributed by atoms with Crippen molar-refractivity contribution < 1.29 is 4.39 Å². The second-order valence-corrected chi connectivity index (χ2v) is 4.49. The largest absolute Gasteiger partial charge is 0.276 e. The zero-order valence-electron chi connectivity index (χ0n) is 9.90. The fourth-order valence-corrected chi connectivity index (χ4v) is 2.20. The normalized spacial score (nSPS) is 12.7. The molecule has 0 fully saturated rings. The summed E-state index contributed by atoms with van der Waals surface area (Å²) in [6.07, 6.45) is 4.10. The van der Waals surface area contributed by atoms with Gasteiger partial charge < -0.3 is 0 Å². The number of nitrogens with one attached hydrogen (secondary N) is 1. The van der Waals surface area contributed by atoms with Gasteiger partial charge in [-0.2, -0.15) is 5.10 Å². The maximum absolute atomic E-state index is 13.8. The lowest BCUT2D eigenvalue weighted by Gasteiger charge is -2.17. The second-order valence-electron chi connectivity index (χ2n) is 4.08. The molecule has 0 aliphatic heterocycles. The Balaban J connectivity index is 2.28. The average molecular weight is 269 g/mol. The third-order valence-electron chi connectivity index (χ3n) is 2.75.